The minimum absolute atomic E-state index is 0.0769. The molecular formula is C14H23F3N2O. The van der Waals surface area contributed by atoms with E-state index >= 15 is 0 Å². The highest BCUT2D eigenvalue weighted by Gasteiger charge is 2.42. The van der Waals surface area contributed by atoms with E-state index in [0.717, 1.165) is 25.7 Å². The molecule has 116 valence electrons. The molecule has 1 amide bonds. The van der Waals surface area contributed by atoms with Crippen molar-refractivity contribution >= 4 is 5.91 Å². The van der Waals surface area contributed by atoms with Crippen LogP contribution in [0.4, 0.5) is 13.2 Å². The quantitative estimate of drug-likeness (QED) is 0.840. The molecule has 0 spiro atoms. The van der Waals surface area contributed by atoms with Gasteiger partial charge in [0.05, 0.1) is 5.92 Å². The van der Waals surface area contributed by atoms with Crippen LogP contribution in [0.3, 0.4) is 0 Å². The van der Waals surface area contributed by atoms with E-state index in [0.29, 0.717) is 12.8 Å². The van der Waals surface area contributed by atoms with Gasteiger partial charge in [-0.05, 0) is 38.5 Å². The number of amides is 1. The Morgan fingerprint density at radius 1 is 1.00 bits per heavy atom. The molecule has 2 saturated carbocycles. The Morgan fingerprint density at radius 3 is 2.20 bits per heavy atom. The lowest BCUT2D eigenvalue weighted by Crippen LogP contribution is -2.46. The van der Waals surface area contributed by atoms with Crippen LogP contribution in [-0.2, 0) is 4.79 Å². The number of hydrogen-bond acceptors (Lipinski definition) is 2. The molecule has 2 aliphatic rings. The molecule has 0 aromatic carbocycles. The third-order valence-corrected chi connectivity index (χ3v) is 4.69. The summed E-state index contributed by atoms with van der Waals surface area (Å²) in [5.41, 5.74) is 5.33. The summed E-state index contributed by atoms with van der Waals surface area (Å²) in [7, 11) is 0. The molecule has 3 nitrogen and oxygen atoms in total. The number of carbonyl (C=O) groups is 1. The van der Waals surface area contributed by atoms with Gasteiger partial charge in [-0.2, -0.15) is 13.2 Å². The summed E-state index contributed by atoms with van der Waals surface area (Å²) in [6.45, 7) is 0. The summed E-state index contributed by atoms with van der Waals surface area (Å²) in [4.78, 5) is 11.2. The van der Waals surface area contributed by atoms with Crippen LogP contribution in [0.5, 0.6) is 0 Å². The largest absolute Gasteiger partial charge is 0.391 e. The molecule has 0 aromatic rings. The fourth-order valence-corrected chi connectivity index (χ4v) is 3.57. The molecule has 2 rings (SSSR count). The molecule has 20 heavy (non-hydrogen) atoms. The lowest BCUT2D eigenvalue weighted by molar-refractivity contribution is -0.184. The average molecular weight is 292 g/mol. The van der Waals surface area contributed by atoms with Crippen molar-refractivity contribution in [1.82, 2.24) is 5.32 Å². The zero-order valence-corrected chi connectivity index (χ0v) is 11.6. The molecule has 0 radical (unpaired) electrons. The minimum atomic E-state index is -4.08. The summed E-state index contributed by atoms with van der Waals surface area (Å²) in [5.74, 6) is -1.58. The zero-order valence-electron chi connectivity index (χ0n) is 11.6. The van der Waals surface area contributed by atoms with Crippen molar-refractivity contribution in [1.29, 1.82) is 0 Å². The number of alkyl halides is 3. The Labute approximate surface area is 117 Å². The lowest BCUT2D eigenvalue weighted by atomic mass is 9.82. The maximum absolute atomic E-state index is 12.8. The second kappa shape index (κ2) is 6.33. The van der Waals surface area contributed by atoms with Gasteiger partial charge in [-0.3, -0.25) is 4.79 Å². The van der Waals surface area contributed by atoms with Crippen molar-refractivity contribution in [3.63, 3.8) is 0 Å². The van der Waals surface area contributed by atoms with Gasteiger partial charge in [0.25, 0.3) is 0 Å². The monoisotopic (exact) mass is 292 g/mol. The van der Waals surface area contributed by atoms with E-state index in [-0.39, 0.29) is 36.8 Å². The first-order valence-electron chi connectivity index (χ1n) is 7.48. The van der Waals surface area contributed by atoms with E-state index < -0.39 is 12.1 Å². The molecule has 0 aromatic heterocycles. The van der Waals surface area contributed by atoms with Crippen molar-refractivity contribution in [3.8, 4) is 0 Å². The number of primary amides is 1. The van der Waals surface area contributed by atoms with Crippen LogP contribution in [0.1, 0.15) is 51.4 Å². The van der Waals surface area contributed by atoms with Crippen molar-refractivity contribution in [2.75, 3.05) is 0 Å². The number of rotatable bonds is 3. The fourth-order valence-electron chi connectivity index (χ4n) is 3.57. The topological polar surface area (TPSA) is 55.1 Å². The number of nitrogens with one attached hydrogen (secondary N) is 1. The standard InChI is InChI=1S/C14H23F3N2O/c15-14(16,17)10-4-2-6-12(8-10)19-11-5-1-3-9(7-11)13(18)20/h9-12,19H,1-8H2,(H2,18,20)/t9-,10+,11+,12-/m1/s1. The molecule has 0 bridgehead atoms. The van der Waals surface area contributed by atoms with E-state index in [1.165, 1.54) is 0 Å². The van der Waals surface area contributed by atoms with Crippen LogP contribution >= 0.6 is 0 Å². The smallest absolute Gasteiger partial charge is 0.369 e. The maximum atomic E-state index is 12.8. The molecule has 0 unspecified atom stereocenters. The summed E-state index contributed by atoms with van der Waals surface area (Å²) >= 11 is 0. The first-order chi connectivity index (χ1) is 9.36. The predicted molar refractivity (Wildman–Crippen MR) is 69.9 cm³/mol. The van der Waals surface area contributed by atoms with Crippen molar-refractivity contribution in [2.45, 2.75) is 69.6 Å². The Kier molecular flexibility index (Phi) is 4.94. The maximum Gasteiger partial charge on any atom is 0.391 e. The fraction of sp³-hybridized carbons (Fsp3) is 0.929. The molecule has 0 saturated heterocycles. The van der Waals surface area contributed by atoms with Gasteiger partial charge in [0.2, 0.25) is 5.91 Å². The van der Waals surface area contributed by atoms with E-state index in [4.69, 9.17) is 5.73 Å². The number of hydrogen-bond donors (Lipinski definition) is 2. The first-order valence-corrected chi connectivity index (χ1v) is 7.48. The van der Waals surface area contributed by atoms with Crippen molar-refractivity contribution in [2.24, 2.45) is 17.6 Å². The van der Waals surface area contributed by atoms with Crippen LogP contribution in [0.15, 0.2) is 0 Å². The second-order valence-corrected chi connectivity index (χ2v) is 6.23. The van der Waals surface area contributed by atoms with E-state index in [1.807, 2.05) is 0 Å². The van der Waals surface area contributed by atoms with Crippen LogP contribution in [0.25, 0.3) is 0 Å². The summed E-state index contributed by atoms with van der Waals surface area (Å²) < 4.78 is 38.3. The molecule has 3 N–H and O–H groups in total. The summed E-state index contributed by atoms with van der Waals surface area (Å²) in [6, 6.07) is 0.0604. The van der Waals surface area contributed by atoms with Gasteiger partial charge < -0.3 is 11.1 Å². The van der Waals surface area contributed by atoms with E-state index in [1.54, 1.807) is 0 Å². The Balaban J connectivity index is 1.85. The van der Waals surface area contributed by atoms with Crippen LogP contribution < -0.4 is 11.1 Å². The average Bonchev–Trinajstić information content (AvgIpc) is 2.38. The molecular weight excluding hydrogens is 269 g/mol. The van der Waals surface area contributed by atoms with E-state index in [2.05, 4.69) is 5.32 Å². The lowest BCUT2D eigenvalue weighted by Gasteiger charge is -2.36. The second-order valence-electron chi connectivity index (χ2n) is 6.23. The van der Waals surface area contributed by atoms with Crippen molar-refractivity contribution in [3.05, 3.63) is 0 Å². The van der Waals surface area contributed by atoms with Gasteiger partial charge in [-0.1, -0.05) is 12.8 Å². The highest BCUT2D eigenvalue weighted by Crippen LogP contribution is 2.38. The molecule has 2 aliphatic carbocycles. The number of carbonyl (C=O) groups excluding carboxylic acids is 1. The summed E-state index contributed by atoms with van der Waals surface area (Å²) in [5, 5.41) is 3.34. The van der Waals surface area contributed by atoms with Crippen LogP contribution in [0, 0.1) is 11.8 Å². The van der Waals surface area contributed by atoms with Crippen LogP contribution in [-0.4, -0.2) is 24.2 Å². The normalized spacial score (nSPS) is 35.8. The van der Waals surface area contributed by atoms with Gasteiger partial charge in [0.1, 0.15) is 0 Å². The highest BCUT2D eigenvalue weighted by atomic mass is 19.4. The first kappa shape index (κ1) is 15.6. The molecule has 6 heteroatoms. The van der Waals surface area contributed by atoms with Crippen LogP contribution in [0.2, 0.25) is 0 Å². The van der Waals surface area contributed by atoms with Gasteiger partial charge in [0.15, 0.2) is 0 Å². The predicted octanol–water partition coefficient (Wildman–Crippen LogP) is 2.74. The number of nitrogens with two attached hydrogens (primary N) is 1. The van der Waals surface area contributed by atoms with Gasteiger partial charge in [0, 0.05) is 18.0 Å². The van der Waals surface area contributed by atoms with Gasteiger partial charge in [-0.15, -0.1) is 0 Å². The Bertz CT molecular complexity index is 346. The summed E-state index contributed by atoms with van der Waals surface area (Å²) in [6.07, 6.45) is 1.07. The molecule has 0 aliphatic heterocycles. The van der Waals surface area contributed by atoms with Gasteiger partial charge in [-0.25, -0.2) is 0 Å². The third-order valence-electron chi connectivity index (χ3n) is 4.69. The van der Waals surface area contributed by atoms with Gasteiger partial charge >= 0.3 is 6.18 Å². The van der Waals surface area contributed by atoms with Crippen molar-refractivity contribution < 1.29 is 18.0 Å². The third kappa shape index (κ3) is 4.11. The Morgan fingerprint density at radius 2 is 1.60 bits per heavy atom. The molecule has 4 atom stereocenters. The highest BCUT2D eigenvalue weighted by molar-refractivity contribution is 5.76. The zero-order chi connectivity index (χ0) is 14.8. The molecule has 0 heterocycles. The molecule has 2 fully saturated rings. The SMILES string of the molecule is NC(=O)[C@@H]1CCC[C@H](N[C@@H]2CCC[C@H](C(F)(F)F)C2)C1. The Hall–Kier alpha value is -0.780. The number of halogens is 3. The minimum Gasteiger partial charge on any atom is -0.369 e. The van der Waals surface area contributed by atoms with E-state index in [9.17, 15) is 18.0 Å².